The first kappa shape index (κ1) is 11.1. The van der Waals surface area contributed by atoms with Gasteiger partial charge in [-0.2, -0.15) is 0 Å². The smallest absolute Gasteiger partial charge is 0.114 e. The van der Waals surface area contributed by atoms with Gasteiger partial charge in [0.25, 0.3) is 0 Å². The molecule has 0 saturated carbocycles. The molecule has 15 heavy (non-hydrogen) atoms. The summed E-state index contributed by atoms with van der Waals surface area (Å²) in [5.41, 5.74) is 2.51. The van der Waals surface area contributed by atoms with E-state index in [0.717, 1.165) is 17.6 Å². The molecular formula is C12H15BrFN. The summed E-state index contributed by atoms with van der Waals surface area (Å²) in [4.78, 5) is 2.17. The van der Waals surface area contributed by atoms with Crippen molar-refractivity contribution in [1.82, 2.24) is 4.90 Å². The van der Waals surface area contributed by atoms with Crippen LogP contribution in [0.4, 0.5) is 4.39 Å². The number of alkyl halides is 1. The van der Waals surface area contributed by atoms with Gasteiger partial charge < -0.3 is 0 Å². The molecule has 0 aromatic heterocycles. The highest BCUT2D eigenvalue weighted by Gasteiger charge is 2.21. The summed E-state index contributed by atoms with van der Waals surface area (Å²) in [6.07, 6.45) is 0.0530. The minimum Gasteiger partial charge on any atom is -0.296 e. The van der Waals surface area contributed by atoms with Crippen molar-refractivity contribution in [3.63, 3.8) is 0 Å². The maximum absolute atomic E-state index is 13.0. The van der Waals surface area contributed by atoms with Crippen LogP contribution in [0.2, 0.25) is 0 Å². The summed E-state index contributed by atoms with van der Waals surface area (Å²) < 4.78 is 14.1. The first-order chi connectivity index (χ1) is 7.15. The zero-order chi connectivity index (χ0) is 10.8. The van der Waals surface area contributed by atoms with Crippen molar-refractivity contribution < 1.29 is 4.39 Å². The van der Waals surface area contributed by atoms with Crippen LogP contribution >= 0.6 is 15.9 Å². The average Bonchev–Trinajstić information content (AvgIpc) is 2.58. The normalized spacial score (nSPS) is 22.2. The Morgan fingerprint density at radius 3 is 3.00 bits per heavy atom. The summed E-state index contributed by atoms with van der Waals surface area (Å²) in [6, 6.07) is 6.30. The zero-order valence-corrected chi connectivity index (χ0v) is 10.4. The van der Waals surface area contributed by atoms with Crippen molar-refractivity contribution in [2.75, 3.05) is 13.1 Å². The standard InChI is InChI=1S/C12H15BrFN/c1-9-2-3-12(13)10(6-9)7-15-5-4-11(14)8-15/h2-3,6,11H,4-5,7-8H2,1H3/t11-/m1/s1. The third-order valence-electron chi connectivity index (χ3n) is 2.81. The van der Waals surface area contributed by atoms with Gasteiger partial charge in [-0.25, -0.2) is 4.39 Å². The predicted octanol–water partition coefficient (Wildman–Crippen LogP) is 3.30. The maximum atomic E-state index is 13.0. The molecule has 0 spiro atoms. The first-order valence-electron chi connectivity index (χ1n) is 5.26. The Hall–Kier alpha value is -0.410. The fourth-order valence-electron chi connectivity index (χ4n) is 1.99. The Bertz CT molecular complexity index is 353. The number of halogens is 2. The Labute approximate surface area is 98.4 Å². The van der Waals surface area contributed by atoms with Gasteiger partial charge in [0.1, 0.15) is 6.17 Å². The van der Waals surface area contributed by atoms with Crippen LogP contribution in [-0.2, 0) is 6.54 Å². The van der Waals surface area contributed by atoms with Gasteiger partial charge in [0.15, 0.2) is 0 Å². The first-order valence-corrected chi connectivity index (χ1v) is 6.06. The number of aryl methyl sites for hydroxylation is 1. The van der Waals surface area contributed by atoms with E-state index in [0.29, 0.717) is 13.0 Å². The molecule has 0 amide bonds. The highest BCUT2D eigenvalue weighted by molar-refractivity contribution is 9.10. The van der Waals surface area contributed by atoms with Crippen LogP contribution in [0, 0.1) is 6.92 Å². The van der Waals surface area contributed by atoms with Gasteiger partial charge in [-0.3, -0.25) is 4.90 Å². The van der Waals surface area contributed by atoms with Gasteiger partial charge in [0.05, 0.1) is 0 Å². The third kappa shape index (κ3) is 2.79. The molecule has 1 fully saturated rings. The lowest BCUT2D eigenvalue weighted by atomic mass is 10.1. The molecule has 2 rings (SSSR count). The lowest BCUT2D eigenvalue weighted by Gasteiger charge is -2.16. The Morgan fingerprint density at radius 2 is 2.33 bits per heavy atom. The molecule has 3 heteroatoms. The van der Waals surface area contributed by atoms with Crippen molar-refractivity contribution in [2.45, 2.75) is 26.1 Å². The van der Waals surface area contributed by atoms with Crippen molar-refractivity contribution >= 4 is 15.9 Å². The van der Waals surface area contributed by atoms with E-state index in [1.165, 1.54) is 11.1 Å². The van der Waals surface area contributed by atoms with Crippen LogP contribution in [0.25, 0.3) is 0 Å². The molecule has 1 atom stereocenters. The molecule has 1 heterocycles. The van der Waals surface area contributed by atoms with Crippen LogP contribution in [0.15, 0.2) is 22.7 Å². The van der Waals surface area contributed by atoms with Crippen LogP contribution in [0.3, 0.4) is 0 Å². The van der Waals surface area contributed by atoms with Crippen LogP contribution < -0.4 is 0 Å². The molecule has 1 aliphatic heterocycles. The van der Waals surface area contributed by atoms with Crippen LogP contribution in [0.5, 0.6) is 0 Å². The Kier molecular flexibility index (Phi) is 3.42. The van der Waals surface area contributed by atoms with Crippen LogP contribution in [-0.4, -0.2) is 24.2 Å². The minimum absolute atomic E-state index is 0.584. The number of hydrogen-bond acceptors (Lipinski definition) is 1. The van der Waals surface area contributed by atoms with Crippen LogP contribution in [0.1, 0.15) is 17.5 Å². The van der Waals surface area contributed by atoms with Gasteiger partial charge >= 0.3 is 0 Å². The second kappa shape index (κ2) is 4.62. The molecule has 0 bridgehead atoms. The Morgan fingerprint density at radius 1 is 1.53 bits per heavy atom. The molecule has 1 aromatic carbocycles. The number of hydrogen-bond donors (Lipinski definition) is 0. The van der Waals surface area contributed by atoms with Crippen molar-refractivity contribution in [2.24, 2.45) is 0 Å². The van der Waals surface area contributed by atoms with E-state index < -0.39 is 6.17 Å². The lowest BCUT2D eigenvalue weighted by Crippen LogP contribution is -2.20. The highest BCUT2D eigenvalue weighted by Crippen LogP contribution is 2.22. The molecule has 1 saturated heterocycles. The topological polar surface area (TPSA) is 3.24 Å². The summed E-state index contributed by atoms with van der Waals surface area (Å²) >= 11 is 3.53. The van der Waals surface area contributed by atoms with Gasteiger partial charge in [0, 0.05) is 24.1 Å². The van der Waals surface area contributed by atoms with Crippen molar-refractivity contribution in [3.8, 4) is 0 Å². The van der Waals surface area contributed by atoms with E-state index in [1.807, 2.05) is 0 Å². The SMILES string of the molecule is Cc1ccc(Br)c(CN2CC[C@@H](F)C2)c1. The number of rotatable bonds is 2. The quantitative estimate of drug-likeness (QED) is 0.798. The van der Waals surface area contributed by atoms with Gasteiger partial charge in [-0.1, -0.05) is 33.6 Å². The minimum atomic E-state index is -0.631. The third-order valence-corrected chi connectivity index (χ3v) is 3.58. The molecular weight excluding hydrogens is 257 g/mol. The molecule has 1 aliphatic rings. The second-order valence-electron chi connectivity index (χ2n) is 4.22. The van der Waals surface area contributed by atoms with E-state index in [9.17, 15) is 4.39 Å². The van der Waals surface area contributed by atoms with Gasteiger partial charge in [0.2, 0.25) is 0 Å². The van der Waals surface area contributed by atoms with E-state index in [2.05, 4.69) is 46.0 Å². The summed E-state index contributed by atoms with van der Waals surface area (Å²) in [6.45, 7) is 4.39. The number of benzene rings is 1. The molecule has 82 valence electrons. The van der Waals surface area contributed by atoms with Crippen molar-refractivity contribution in [1.29, 1.82) is 0 Å². The van der Waals surface area contributed by atoms with E-state index >= 15 is 0 Å². The number of likely N-dealkylation sites (tertiary alicyclic amines) is 1. The van der Waals surface area contributed by atoms with Crippen molar-refractivity contribution in [3.05, 3.63) is 33.8 Å². The van der Waals surface area contributed by atoms with Gasteiger partial charge in [-0.05, 0) is 25.0 Å². The van der Waals surface area contributed by atoms with Gasteiger partial charge in [-0.15, -0.1) is 0 Å². The maximum Gasteiger partial charge on any atom is 0.114 e. The van der Waals surface area contributed by atoms with E-state index in [1.54, 1.807) is 0 Å². The molecule has 0 N–H and O–H groups in total. The second-order valence-corrected chi connectivity index (χ2v) is 5.07. The summed E-state index contributed by atoms with van der Waals surface area (Å²) in [7, 11) is 0. The van der Waals surface area contributed by atoms with E-state index in [-0.39, 0.29) is 0 Å². The molecule has 1 aromatic rings. The fourth-order valence-corrected chi connectivity index (χ4v) is 2.37. The largest absolute Gasteiger partial charge is 0.296 e. The Balaban J connectivity index is 2.07. The van der Waals surface area contributed by atoms with E-state index in [4.69, 9.17) is 0 Å². The fraction of sp³-hybridized carbons (Fsp3) is 0.500. The zero-order valence-electron chi connectivity index (χ0n) is 8.84. The summed E-state index contributed by atoms with van der Waals surface area (Å²) in [5, 5.41) is 0. The number of nitrogens with zero attached hydrogens (tertiary/aromatic N) is 1. The molecule has 0 unspecified atom stereocenters. The lowest BCUT2D eigenvalue weighted by molar-refractivity contribution is 0.282. The molecule has 0 radical (unpaired) electrons. The predicted molar refractivity (Wildman–Crippen MR) is 63.7 cm³/mol. The average molecular weight is 272 g/mol. The monoisotopic (exact) mass is 271 g/mol. The summed E-state index contributed by atoms with van der Waals surface area (Å²) in [5.74, 6) is 0. The molecule has 1 nitrogen and oxygen atoms in total. The molecule has 0 aliphatic carbocycles. The highest BCUT2D eigenvalue weighted by atomic mass is 79.9.